The van der Waals surface area contributed by atoms with Crippen LogP contribution in [-0.4, -0.2) is 67.4 Å². The molecule has 1 N–H and O–H groups in total. The predicted molar refractivity (Wildman–Crippen MR) is 126 cm³/mol. The van der Waals surface area contributed by atoms with E-state index in [-0.39, 0.29) is 25.2 Å². The van der Waals surface area contributed by atoms with E-state index in [9.17, 15) is 14.7 Å². The fraction of sp³-hybridized carbons (Fsp3) is 0.462. The molecule has 8 nitrogen and oxygen atoms in total. The smallest absolute Gasteiger partial charge is 0.309 e. The number of aliphatic carboxylic acids is 1. The van der Waals surface area contributed by atoms with Gasteiger partial charge in [-0.15, -0.1) is 0 Å². The molecule has 2 aromatic carbocycles. The minimum atomic E-state index is -0.894. The number of amides is 1. The molecule has 0 bridgehead atoms. The average Bonchev–Trinajstić information content (AvgIpc) is 3.42. The fourth-order valence-electron chi connectivity index (χ4n) is 5.02. The van der Waals surface area contributed by atoms with Gasteiger partial charge < -0.3 is 24.2 Å². The highest BCUT2D eigenvalue weighted by Gasteiger charge is 2.48. The number of carbonyl (C=O) groups excluding carboxylic acids is 1. The van der Waals surface area contributed by atoms with Gasteiger partial charge in [0.1, 0.15) is 5.75 Å². The number of likely N-dealkylation sites (tertiary alicyclic amines) is 1. The molecule has 3 atom stereocenters. The largest absolute Gasteiger partial charge is 0.497 e. The van der Waals surface area contributed by atoms with E-state index >= 15 is 0 Å². The molecule has 2 aromatic rings. The molecule has 0 radical (unpaired) electrons. The predicted octanol–water partition coefficient (Wildman–Crippen LogP) is 3.38. The van der Waals surface area contributed by atoms with Gasteiger partial charge >= 0.3 is 5.97 Å². The Morgan fingerprint density at radius 3 is 2.44 bits per heavy atom. The van der Waals surface area contributed by atoms with Crippen molar-refractivity contribution < 1.29 is 28.9 Å². The van der Waals surface area contributed by atoms with Crippen molar-refractivity contribution in [2.75, 3.05) is 40.6 Å². The second-order valence-corrected chi connectivity index (χ2v) is 9.40. The minimum absolute atomic E-state index is 0.0253. The van der Waals surface area contributed by atoms with Crippen LogP contribution in [0.4, 0.5) is 0 Å². The van der Waals surface area contributed by atoms with E-state index in [1.807, 2.05) is 47.4 Å². The number of methoxy groups -OCH3 is 1. The van der Waals surface area contributed by atoms with Crippen LogP contribution < -0.4 is 14.2 Å². The first kappa shape index (κ1) is 23.9. The molecular weight excluding hydrogens is 436 g/mol. The number of hydrogen-bond donors (Lipinski definition) is 1. The Morgan fingerprint density at radius 2 is 1.79 bits per heavy atom. The zero-order chi connectivity index (χ0) is 24.4. The Labute approximate surface area is 200 Å². The molecule has 182 valence electrons. The van der Waals surface area contributed by atoms with Crippen molar-refractivity contribution in [2.24, 2.45) is 11.8 Å². The molecule has 0 spiro atoms. The Morgan fingerprint density at radius 1 is 1.12 bits per heavy atom. The SMILES string of the molecule is COc1ccc([C@@H]2[C@@H](C(=O)O)[C@H](c3ccc4c(c3)OCO4)CN2CC(=O)N(C)CC(C)C)cc1. The number of carboxylic acids is 1. The first-order valence-electron chi connectivity index (χ1n) is 11.5. The van der Waals surface area contributed by atoms with Gasteiger partial charge in [0.15, 0.2) is 11.5 Å². The van der Waals surface area contributed by atoms with Crippen molar-refractivity contribution in [3.63, 3.8) is 0 Å². The maximum Gasteiger partial charge on any atom is 0.309 e. The van der Waals surface area contributed by atoms with Crippen LogP contribution in [0.1, 0.15) is 36.9 Å². The topological polar surface area (TPSA) is 88.5 Å². The average molecular weight is 469 g/mol. The van der Waals surface area contributed by atoms with Crippen LogP contribution in [0.25, 0.3) is 0 Å². The number of rotatable bonds is 8. The van der Waals surface area contributed by atoms with E-state index in [0.717, 1.165) is 11.1 Å². The van der Waals surface area contributed by atoms with Crippen LogP contribution in [0.15, 0.2) is 42.5 Å². The zero-order valence-electron chi connectivity index (χ0n) is 20.1. The molecule has 0 aromatic heterocycles. The van der Waals surface area contributed by atoms with Gasteiger partial charge in [0.25, 0.3) is 0 Å². The summed E-state index contributed by atoms with van der Waals surface area (Å²) in [5.41, 5.74) is 1.71. The summed E-state index contributed by atoms with van der Waals surface area (Å²) in [7, 11) is 3.39. The van der Waals surface area contributed by atoms with Crippen molar-refractivity contribution in [3.8, 4) is 17.2 Å². The molecule has 4 rings (SSSR count). The number of nitrogens with zero attached hydrogens (tertiary/aromatic N) is 2. The summed E-state index contributed by atoms with van der Waals surface area (Å²) in [6.07, 6.45) is 0. The van der Waals surface area contributed by atoms with Gasteiger partial charge in [-0.1, -0.05) is 32.0 Å². The van der Waals surface area contributed by atoms with Crippen molar-refractivity contribution in [1.82, 2.24) is 9.80 Å². The lowest BCUT2D eigenvalue weighted by atomic mass is 9.82. The third kappa shape index (κ3) is 4.82. The van der Waals surface area contributed by atoms with Crippen molar-refractivity contribution in [2.45, 2.75) is 25.8 Å². The second kappa shape index (κ2) is 9.93. The molecule has 0 aliphatic carbocycles. The van der Waals surface area contributed by atoms with E-state index in [0.29, 0.717) is 36.3 Å². The van der Waals surface area contributed by atoms with E-state index < -0.39 is 17.9 Å². The summed E-state index contributed by atoms with van der Waals surface area (Å²) in [4.78, 5) is 29.4. The fourth-order valence-corrected chi connectivity index (χ4v) is 5.02. The summed E-state index contributed by atoms with van der Waals surface area (Å²) in [5.74, 6) is 0.339. The molecule has 1 fully saturated rings. The molecule has 1 amide bonds. The Balaban J connectivity index is 1.69. The molecule has 0 unspecified atom stereocenters. The van der Waals surface area contributed by atoms with E-state index in [2.05, 4.69) is 13.8 Å². The van der Waals surface area contributed by atoms with E-state index in [1.54, 1.807) is 19.1 Å². The molecular formula is C26H32N2O6. The summed E-state index contributed by atoms with van der Waals surface area (Å²) < 4.78 is 16.2. The lowest BCUT2D eigenvalue weighted by molar-refractivity contribution is -0.143. The summed E-state index contributed by atoms with van der Waals surface area (Å²) in [6.45, 7) is 5.52. The van der Waals surface area contributed by atoms with Gasteiger partial charge in [-0.25, -0.2) is 0 Å². The van der Waals surface area contributed by atoms with Crippen LogP contribution in [0.3, 0.4) is 0 Å². The first-order valence-corrected chi connectivity index (χ1v) is 11.5. The van der Waals surface area contributed by atoms with Gasteiger partial charge in [0.05, 0.1) is 19.6 Å². The third-order valence-electron chi connectivity index (χ3n) is 6.57. The molecule has 8 heteroatoms. The quantitative estimate of drug-likeness (QED) is 0.635. The minimum Gasteiger partial charge on any atom is -0.497 e. The summed E-state index contributed by atoms with van der Waals surface area (Å²) >= 11 is 0. The Bertz CT molecular complexity index is 1040. The Hall–Kier alpha value is -3.26. The first-order chi connectivity index (χ1) is 16.3. The van der Waals surface area contributed by atoms with Crippen molar-refractivity contribution >= 4 is 11.9 Å². The van der Waals surface area contributed by atoms with Crippen LogP contribution >= 0.6 is 0 Å². The van der Waals surface area contributed by atoms with Gasteiger partial charge in [-0.2, -0.15) is 0 Å². The molecule has 2 aliphatic heterocycles. The van der Waals surface area contributed by atoms with Crippen LogP contribution in [-0.2, 0) is 9.59 Å². The maximum atomic E-state index is 13.1. The van der Waals surface area contributed by atoms with Gasteiger partial charge in [-0.05, 0) is 41.3 Å². The highest BCUT2D eigenvalue weighted by molar-refractivity contribution is 5.79. The Kier molecular flexibility index (Phi) is 6.97. The van der Waals surface area contributed by atoms with Crippen LogP contribution in [0.5, 0.6) is 17.2 Å². The number of fused-ring (bicyclic) bond motifs is 1. The third-order valence-corrected chi connectivity index (χ3v) is 6.57. The maximum absolute atomic E-state index is 13.1. The lowest BCUT2D eigenvalue weighted by Crippen LogP contribution is -2.40. The summed E-state index contributed by atoms with van der Waals surface area (Å²) in [6, 6.07) is 12.5. The van der Waals surface area contributed by atoms with E-state index in [4.69, 9.17) is 14.2 Å². The number of carbonyl (C=O) groups is 2. The molecule has 34 heavy (non-hydrogen) atoms. The van der Waals surface area contributed by atoms with Gasteiger partial charge in [0, 0.05) is 32.1 Å². The highest BCUT2D eigenvalue weighted by Crippen LogP contribution is 2.47. The van der Waals surface area contributed by atoms with Crippen molar-refractivity contribution in [3.05, 3.63) is 53.6 Å². The monoisotopic (exact) mass is 468 g/mol. The highest BCUT2D eigenvalue weighted by atomic mass is 16.7. The van der Waals surface area contributed by atoms with Crippen LogP contribution in [0.2, 0.25) is 0 Å². The normalized spacial score (nSPS) is 21.6. The van der Waals surface area contributed by atoms with E-state index in [1.165, 1.54) is 0 Å². The number of likely N-dealkylation sites (N-methyl/N-ethyl adjacent to an activating group) is 1. The number of benzene rings is 2. The standard InChI is InChI=1S/C26H32N2O6/c1-16(2)12-27(3)23(29)14-28-13-20(18-7-10-21-22(11-18)34-15-33-21)24(26(30)31)25(28)17-5-8-19(32-4)9-6-17/h5-11,16,20,24-25H,12-15H2,1-4H3,(H,30,31)/t20-,24-,25+/m0/s1. The molecule has 2 aliphatic rings. The summed E-state index contributed by atoms with van der Waals surface area (Å²) in [5, 5.41) is 10.3. The molecule has 1 saturated heterocycles. The van der Waals surface area contributed by atoms with Crippen molar-refractivity contribution in [1.29, 1.82) is 0 Å². The number of ether oxygens (including phenoxy) is 3. The molecule has 0 saturated carbocycles. The molecule has 2 heterocycles. The van der Waals surface area contributed by atoms with Crippen LogP contribution in [0, 0.1) is 11.8 Å². The number of carboxylic acid groups (broad SMARTS) is 1. The second-order valence-electron chi connectivity index (χ2n) is 9.40. The van der Waals surface area contributed by atoms with Gasteiger partial charge in [-0.3, -0.25) is 14.5 Å². The van der Waals surface area contributed by atoms with Gasteiger partial charge in [0.2, 0.25) is 12.7 Å². The number of hydrogen-bond acceptors (Lipinski definition) is 6. The zero-order valence-corrected chi connectivity index (χ0v) is 20.1. The lowest BCUT2D eigenvalue weighted by Gasteiger charge is -2.29.